The molecule has 5 rings (SSSR count). The zero-order valence-corrected chi connectivity index (χ0v) is 19.8. The van der Waals surface area contributed by atoms with E-state index in [1.54, 1.807) is 24.3 Å². The number of hydrogen-bond donors (Lipinski definition) is 2. The van der Waals surface area contributed by atoms with Crippen molar-refractivity contribution in [1.29, 1.82) is 0 Å². The molecule has 2 amide bonds. The van der Waals surface area contributed by atoms with Gasteiger partial charge in [-0.3, -0.25) is 9.59 Å². The number of carbonyl (C=O) groups excluding carboxylic acids is 2. The number of amides is 2. The third-order valence-electron chi connectivity index (χ3n) is 5.73. The number of hydrogen-bond acceptors (Lipinski definition) is 6. The molecule has 0 unspecified atom stereocenters. The average Bonchev–Trinajstić information content (AvgIpc) is 3.60. The van der Waals surface area contributed by atoms with E-state index in [0.717, 1.165) is 34.8 Å². The van der Waals surface area contributed by atoms with Crippen molar-refractivity contribution in [2.75, 3.05) is 36.5 Å². The van der Waals surface area contributed by atoms with E-state index in [1.807, 2.05) is 36.4 Å². The lowest BCUT2D eigenvalue weighted by molar-refractivity contribution is 0.0953. The van der Waals surface area contributed by atoms with Crippen molar-refractivity contribution in [3.05, 3.63) is 95.3 Å². The first-order valence-corrected chi connectivity index (χ1v) is 12.2. The molecule has 0 atom stereocenters. The molecule has 0 radical (unpaired) electrons. The molecule has 0 aliphatic carbocycles. The highest BCUT2D eigenvalue weighted by Gasteiger charge is 2.22. The summed E-state index contributed by atoms with van der Waals surface area (Å²) in [5.74, 6) is -0.162. The molecular formula is C27H25N3O4S. The summed E-state index contributed by atoms with van der Waals surface area (Å²) in [6.07, 6.45) is 1.46. The van der Waals surface area contributed by atoms with Gasteiger partial charge >= 0.3 is 0 Å². The lowest BCUT2D eigenvalue weighted by Crippen LogP contribution is -2.35. The number of morpholine rings is 1. The Morgan fingerprint density at radius 3 is 2.40 bits per heavy atom. The zero-order chi connectivity index (χ0) is 24.0. The van der Waals surface area contributed by atoms with Crippen LogP contribution in [0.1, 0.15) is 25.8 Å². The number of nitrogens with zero attached hydrogens (tertiary/aromatic N) is 1. The highest BCUT2D eigenvalue weighted by Crippen LogP contribution is 2.39. The maximum absolute atomic E-state index is 13.0. The summed E-state index contributed by atoms with van der Waals surface area (Å²) in [4.78, 5) is 28.1. The lowest BCUT2D eigenvalue weighted by Gasteiger charge is -2.28. The normalized spacial score (nSPS) is 13.4. The molecule has 8 heteroatoms. The van der Waals surface area contributed by atoms with Crippen LogP contribution >= 0.6 is 11.3 Å². The molecule has 35 heavy (non-hydrogen) atoms. The molecule has 178 valence electrons. The van der Waals surface area contributed by atoms with Gasteiger partial charge in [0.15, 0.2) is 5.76 Å². The summed E-state index contributed by atoms with van der Waals surface area (Å²) in [7, 11) is 0. The van der Waals surface area contributed by atoms with E-state index < -0.39 is 0 Å². The van der Waals surface area contributed by atoms with Crippen LogP contribution in [0.15, 0.2) is 83.5 Å². The van der Waals surface area contributed by atoms with Crippen LogP contribution in [0.4, 0.5) is 10.7 Å². The van der Waals surface area contributed by atoms with Gasteiger partial charge in [0.25, 0.3) is 11.8 Å². The third kappa shape index (κ3) is 5.45. The van der Waals surface area contributed by atoms with Gasteiger partial charge in [-0.1, -0.05) is 42.5 Å². The number of rotatable bonds is 7. The molecule has 0 spiro atoms. The monoisotopic (exact) mass is 487 g/mol. The Kier molecular flexibility index (Phi) is 6.92. The largest absolute Gasteiger partial charge is 0.459 e. The second-order valence-electron chi connectivity index (χ2n) is 8.11. The van der Waals surface area contributed by atoms with Crippen molar-refractivity contribution in [2.24, 2.45) is 0 Å². The number of benzene rings is 2. The van der Waals surface area contributed by atoms with Crippen molar-refractivity contribution < 1.29 is 18.7 Å². The average molecular weight is 488 g/mol. The Morgan fingerprint density at radius 1 is 0.914 bits per heavy atom. The highest BCUT2D eigenvalue weighted by atomic mass is 32.1. The number of anilines is 2. The smallest absolute Gasteiger partial charge is 0.291 e. The Bertz CT molecular complexity index is 1280. The fraction of sp³-hybridized carbons (Fsp3) is 0.185. The van der Waals surface area contributed by atoms with Crippen molar-refractivity contribution >= 4 is 33.8 Å². The van der Waals surface area contributed by atoms with Crippen molar-refractivity contribution in [2.45, 2.75) is 6.54 Å². The Hall–Kier alpha value is -3.88. The molecule has 1 fully saturated rings. The number of ether oxygens (including phenoxy) is 1. The molecule has 1 saturated heterocycles. The molecule has 3 heterocycles. The van der Waals surface area contributed by atoms with E-state index in [-0.39, 0.29) is 17.6 Å². The van der Waals surface area contributed by atoms with Crippen molar-refractivity contribution in [1.82, 2.24) is 5.32 Å². The predicted molar refractivity (Wildman–Crippen MR) is 137 cm³/mol. The Balaban J connectivity index is 1.26. The van der Waals surface area contributed by atoms with Gasteiger partial charge in [0.2, 0.25) is 0 Å². The van der Waals surface area contributed by atoms with Crippen LogP contribution in [-0.2, 0) is 11.3 Å². The van der Waals surface area contributed by atoms with Crippen LogP contribution in [0.2, 0.25) is 0 Å². The summed E-state index contributed by atoms with van der Waals surface area (Å²) >= 11 is 1.51. The quantitative estimate of drug-likeness (QED) is 0.382. The Morgan fingerprint density at radius 2 is 1.69 bits per heavy atom. The zero-order valence-electron chi connectivity index (χ0n) is 19.0. The minimum absolute atomic E-state index is 0.109. The second-order valence-corrected chi connectivity index (χ2v) is 9.14. The molecular weight excluding hydrogens is 462 g/mol. The summed E-state index contributed by atoms with van der Waals surface area (Å²) in [6, 6.07) is 22.8. The van der Waals surface area contributed by atoms with Gasteiger partial charge in [-0.2, -0.15) is 0 Å². The van der Waals surface area contributed by atoms with Crippen molar-refractivity contribution in [3.63, 3.8) is 0 Å². The Labute approximate surface area is 207 Å². The predicted octanol–water partition coefficient (Wildman–Crippen LogP) is 5.03. The van der Waals surface area contributed by atoms with Crippen LogP contribution in [0.25, 0.3) is 11.1 Å². The topological polar surface area (TPSA) is 83.8 Å². The van der Waals surface area contributed by atoms with Gasteiger partial charge in [0.05, 0.1) is 29.4 Å². The van der Waals surface area contributed by atoms with Crippen LogP contribution in [-0.4, -0.2) is 38.1 Å². The molecule has 2 aromatic heterocycles. The number of carbonyl (C=O) groups is 2. The maximum Gasteiger partial charge on any atom is 0.291 e. The minimum atomic E-state index is -0.306. The van der Waals surface area contributed by atoms with Gasteiger partial charge in [-0.15, -0.1) is 11.3 Å². The fourth-order valence-electron chi connectivity index (χ4n) is 3.90. The van der Waals surface area contributed by atoms with E-state index in [0.29, 0.717) is 30.3 Å². The maximum atomic E-state index is 13.0. The van der Waals surface area contributed by atoms with Crippen LogP contribution in [0.3, 0.4) is 0 Å². The third-order valence-corrected chi connectivity index (χ3v) is 6.92. The minimum Gasteiger partial charge on any atom is -0.459 e. The standard InChI is InChI=1S/C27H25N3O4S/c31-25(23-7-4-14-34-23)29-21-10-8-19(9-11-21)18-28-26(32)24-17-22(20-5-2-1-3-6-20)27(35-24)30-12-15-33-16-13-30/h1-11,14,17H,12-13,15-16,18H2,(H,28,32)(H,29,31). The van der Waals surface area contributed by atoms with E-state index in [2.05, 4.69) is 27.7 Å². The van der Waals surface area contributed by atoms with E-state index in [4.69, 9.17) is 9.15 Å². The van der Waals surface area contributed by atoms with E-state index >= 15 is 0 Å². The molecule has 2 aromatic carbocycles. The van der Waals surface area contributed by atoms with Gasteiger partial charge in [-0.25, -0.2) is 0 Å². The van der Waals surface area contributed by atoms with Gasteiger partial charge < -0.3 is 24.7 Å². The van der Waals surface area contributed by atoms with Gasteiger partial charge in [0.1, 0.15) is 0 Å². The van der Waals surface area contributed by atoms with Crippen LogP contribution in [0.5, 0.6) is 0 Å². The molecule has 0 bridgehead atoms. The molecule has 2 N–H and O–H groups in total. The van der Waals surface area contributed by atoms with E-state index in [1.165, 1.54) is 17.6 Å². The number of furan rings is 1. The SMILES string of the molecule is O=C(Nc1ccc(CNC(=O)c2cc(-c3ccccc3)c(N3CCOCC3)s2)cc1)c1ccco1. The number of thiophene rings is 1. The molecule has 0 saturated carbocycles. The lowest BCUT2D eigenvalue weighted by atomic mass is 10.1. The first-order chi connectivity index (χ1) is 17.2. The first kappa shape index (κ1) is 22.9. The first-order valence-electron chi connectivity index (χ1n) is 11.4. The van der Waals surface area contributed by atoms with Gasteiger partial charge in [0, 0.05) is 30.9 Å². The summed E-state index contributed by atoms with van der Waals surface area (Å²) in [5.41, 5.74) is 3.75. The summed E-state index contributed by atoms with van der Waals surface area (Å²) < 4.78 is 10.6. The molecule has 4 aromatic rings. The molecule has 1 aliphatic heterocycles. The van der Waals surface area contributed by atoms with Crippen LogP contribution < -0.4 is 15.5 Å². The molecule has 7 nitrogen and oxygen atoms in total. The van der Waals surface area contributed by atoms with Crippen LogP contribution in [0, 0.1) is 0 Å². The van der Waals surface area contributed by atoms with Crippen molar-refractivity contribution in [3.8, 4) is 11.1 Å². The second kappa shape index (κ2) is 10.6. The number of nitrogens with one attached hydrogen (secondary N) is 2. The van der Waals surface area contributed by atoms with E-state index in [9.17, 15) is 9.59 Å². The highest BCUT2D eigenvalue weighted by molar-refractivity contribution is 7.18. The summed E-state index contributed by atoms with van der Waals surface area (Å²) in [5, 5.41) is 6.90. The molecule has 1 aliphatic rings. The van der Waals surface area contributed by atoms with Gasteiger partial charge in [-0.05, 0) is 41.5 Å². The summed E-state index contributed by atoms with van der Waals surface area (Å²) in [6.45, 7) is 3.38. The fourth-order valence-corrected chi connectivity index (χ4v) is 5.04.